The fourth-order valence-corrected chi connectivity index (χ4v) is 4.37. The number of hydrogen-bond donors (Lipinski definition) is 1. The molecule has 3 rings (SSSR count). The molecule has 156 valence electrons. The predicted octanol–water partition coefficient (Wildman–Crippen LogP) is 3.98. The van der Waals surface area contributed by atoms with Gasteiger partial charge in [0.25, 0.3) is 0 Å². The second-order valence-electron chi connectivity index (χ2n) is 7.32. The molecule has 3 aromatic rings. The summed E-state index contributed by atoms with van der Waals surface area (Å²) in [7, 11) is -3.64. The molecule has 0 heterocycles. The average molecular weight is 423 g/mol. The average Bonchev–Trinajstić information content (AvgIpc) is 2.71. The van der Waals surface area contributed by atoms with Crippen LogP contribution in [-0.4, -0.2) is 27.1 Å². The van der Waals surface area contributed by atoms with Crippen LogP contribution >= 0.6 is 0 Å². The highest BCUT2D eigenvalue weighted by molar-refractivity contribution is 7.92. The van der Waals surface area contributed by atoms with Crippen LogP contribution < -0.4 is 9.62 Å². The summed E-state index contributed by atoms with van der Waals surface area (Å²) in [6.45, 7) is 3.53. The van der Waals surface area contributed by atoms with Crippen molar-refractivity contribution in [2.75, 3.05) is 17.1 Å². The monoisotopic (exact) mass is 422 g/mol. The van der Waals surface area contributed by atoms with Gasteiger partial charge in [-0.05, 0) is 42.2 Å². The zero-order valence-corrected chi connectivity index (χ0v) is 18.2. The SMILES string of the molecule is Cc1ccccc1[C@@H](NC(=O)CN(c1ccccc1C)S(C)(=O)=O)c1ccccc1. The maximum Gasteiger partial charge on any atom is 0.241 e. The van der Waals surface area contributed by atoms with Gasteiger partial charge < -0.3 is 5.32 Å². The van der Waals surface area contributed by atoms with Crippen LogP contribution in [0.5, 0.6) is 0 Å². The smallest absolute Gasteiger partial charge is 0.241 e. The molecule has 3 aromatic carbocycles. The molecule has 1 N–H and O–H groups in total. The molecule has 1 amide bonds. The number of aryl methyl sites for hydroxylation is 2. The standard InChI is InChI=1S/C24H26N2O3S/c1-18-11-7-9-15-21(18)24(20-13-5-4-6-14-20)25-23(27)17-26(30(3,28)29)22-16-10-8-12-19(22)2/h4-16,24H,17H2,1-3H3,(H,25,27)/t24-/m0/s1. The molecule has 0 fully saturated rings. The molecular formula is C24H26N2O3S. The van der Waals surface area contributed by atoms with Crippen molar-refractivity contribution in [1.29, 1.82) is 0 Å². The Morgan fingerprint density at radius 1 is 0.867 bits per heavy atom. The minimum Gasteiger partial charge on any atom is -0.344 e. The number of nitrogens with zero attached hydrogens (tertiary/aromatic N) is 1. The van der Waals surface area contributed by atoms with Crippen molar-refractivity contribution in [3.63, 3.8) is 0 Å². The van der Waals surface area contributed by atoms with Gasteiger partial charge in [0.2, 0.25) is 15.9 Å². The molecule has 0 aromatic heterocycles. The molecule has 5 nitrogen and oxygen atoms in total. The van der Waals surface area contributed by atoms with Gasteiger partial charge in [0.15, 0.2) is 0 Å². The number of anilines is 1. The van der Waals surface area contributed by atoms with Crippen molar-refractivity contribution in [2.24, 2.45) is 0 Å². The lowest BCUT2D eigenvalue weighted by Crippen LogP contribution is -2.42. The number of para-hydroxylation sites is 1. The number of benzene rings is 3. The van der Waals surface area contributed by atoms with Gasteiger partial charge in [-0.25, -0.2) is 8.42 Å². The first-order valence-electron chi connectivity index (χ1n) is 9.70. The van der Waals surface area contributed by atoms with Crippen LogP contribution in [0.2, 0.25) is 0 Å². The maximum absolute atomic E-state index is 13.0. The Balaban J connectivity index is 1.92. The molecule has 30 heavy (non-hydrogen) atoms. The molecule has 0 unspecified atom stereocenters. The number of sulfonamides is 1. The van der Waals surface area contributed by atoms with Gasteiger partial charge in [0.05, 0.1) is 18.0 Å². The number of carbonyl (C=O) groups is 1. The number of carbonyl (C=O) groups excluding carboxylic acids is 1. The summed E-state index contributed by atoms with van der Waals surface area (Å²) in [5.74, 6) is -0.374. The molecule has 6 heteroatoms. The van der Waals surface area contributed by atoms with Gasteiger partial charge in [0.1, 0.15) is 6.54 Å². The summed E-state index contributed by atoms with van der Waals surface area (Å²) in [5, 5.41) is 3.04. The lowest BCUT2D eigenvalue weighted by Gasteiger charge is -2.26. The number of nitrogens with one attached hydrogen (secondary N) is 1. The second kappa shape index (κ2) is 9.13. The number of hydrogen-bond acceptors (Lipinski definition) is 3. The Morgan fingerprint density at radius 3 is 2.03 bits per heavy atom. The number of amides is 1. The maximum atomic E-state index is 13.0. The van der Waals surface area contributed by atoms with Gasteiger partial charge in [-0.2, -0.15) is 0 Å². The molecule has 0 aliphatic heterocycles. The van der Waals surface area contributed by atoms with Crippen LogP contribution in [0.25, 0.3) is 0 Å². The quantitative estimate of drug-likeness (QED) is 0.626. The Kier molecular flexibility index (Phi) is 6.57. The first-order chi connectivity index (χ1) is 14.3. The van der Waals surface area contributed by atoms with Crippen molar-refractivity contribution in [1.82, 2.24) is 5.32 Å². The highest BCUT2D eigenvalue weighted by Crippen LogP contribution is 2.26. The summed E-state index contributed by atoms with van der Waals surface area (Å²) in [5.41, 5.74) is 4.24. The van der Waals surface area contributed by atoms with E-state index in [0.717, 1.165) is 32.8 Å². The van der Waals surface area contributed by atoms with Crippen molar-refractivity contribution in [3.05, 3.63) is 101 Å². The van der Waals surface area contributed by atoms with Crippen molar-refractivity contribution in [3.8, 4) is 0 Å². The Labute approximate surface area is 178 Å². The van der Waals surface area contributed by atoms with E-state index in [2.05, 4.69) is 5.32 Å². The Hall–Kier alpha value is -3.12. The van der Waals surface area contributed by atoms with Crippen LogP contribution in [-0.2, 0) is 14.8 Å². The van der Waals surface area contributed by atoms with Crippen LogP contribution in [0.3, 0.4) is 0 Å². The molecule has 0 spiro atoms. The summed E-state index contributed by atoms with van der Waals surface area (Å²) >= 11 is 0. The van der Waals surface area contributed by atoms with Crippen molar-refractivity contribution in [2.45, 2.75) is 19.9 Å². The minimum atomic E-state index is -3.64. The lowest BCUT2D eigenvalue weighted by atomic mass is 9.95. The molecule has 0 saturated heterocycles. The first-order valence-corrected chi connectivity index (χ1v) is 11.6. The van der Waals surface area contributed by atoms with Gasteiger partial charge >= 0.3 is 0 Å². The first kappa shape index (κ1) is 21.6. The third-order valence-corrected chi connectivity index (χ3v) is 6.14. The molecule has 0 radical (unpaired) electrons. The Morgan fingerprint density at radius 2 is 1.43 bits per heavy atom. The van der Waals surface area contributed by atoms with E-state index in [1.165, 1.54) is 0 Å². The molecule has 0 aliphatic rings. The van der Waals surface area contributed by atoms with Crippen molar-refractivity contribution >= 4 is 21.6 Å². The van der Waals surface area contributed by atoms with E-state index in [9.17, 15) is 13.2 Å². The highest BCUT2D eigenvalue weighted by atomic mass is 32.2. The molecule has 1 atom stereocenters. The molecule has 0 saturated carbocycles. The topological polar surface area (TPSA) is 66.5 Å². The zero-order chi connectivity index (χ0) is 21.7. The fourth-order valence-electron chi connectivity index (χ4n) is 3.46. The van der Waals surface area contributed by atoms with Crippen LogP contribution in [0.1, 0.15) is 28.3 Å². The summed E-state index contributed by atoms with van der Waals surface area (Å²) < 4.78 is 26.0. The van der Waals surface area contributed by atoms with Crippen LogP contribution in [0.4, 0.5) is 5.69 Å². The van der Waals surface area contributed by atoms with E-state index in [-0.39, 0.29) is 18.5 Å². The Bertz CT molecular complexity index is 1130. The van der Waals surface area contributed by atoms with E-state index in [1.807, 2.05) is 80.6 Å². The number of rotatable bonds is 7. The minimum absolute atomic E-state index is 0.293. The molecule has 0 bridgehead atoms. The van der Waals surface area contributed by atoms with Crippen LogP contribution in [0, 0.1) is 13.8 Å². The van der Waals surface area contributed by atoms with E-state index in [0.29, 0.717) is 5.69 Å². The second-order valence-corrected chi connectivity index (χ2v) is 9.23. The van der Waals surface area contributed by atoms with Gasteiger partial charge in [0, 0.05) is 0 Å². The fraction of sp³-hybridized carbons (Fsp3) is 0.208. The van der Waals surface area contributed by atoms with Crippen molar-refractivity contribution < 1.29 is 13.2 Å². The third kappa shape index (κ3) is 5.07. The third-order valence-electron chi connectivity index (χ3n) is 5.01. The summed E-state index contributed by atoms with van der Waals surface area (Å²) in [6, 6.07) is 24.3. The van der Waals surface area contributed by atoms with E-state index >= 15 is 0 Å². The summed E-state index contributed by atoms with van der Waals surface area (Å²) in [6.07, 6.45) is 1.11. The summed E-state index contributed by atoms with van der Waals surface area (Å²) in [4.78, 5) is 13.0. The lowest BCUT2D eigenvalue weighted by molar-refractivity contribution is -0.120. The van der Waals surface area contributed by atoms with Gasteiger partial charge in [-0.3, -0.25) is 9.10 Å². The molecular weight excluding hydrogens is 396 g/mol. The zero-order valence-electron chi connectivity index (χ0n) is 17.4. The van der Waals surface area contributed by atoms with E-state index in [1.54, 1.807) is 12.1 Å². The highest BCUT2D eigenvalue weighted by Gasteiger charge is 2.25. The molecule has 0 aliphatic carbocycles. The van der Waals surface area contributed by atoms with E-state index < -0.39 is 10.0 Å². The van der Waals surface area contributed by atoms with Crippen LogP contribution in [0.15, 0.2) is 78.9 Å². The van der Waals surface area contributed by atoms with E-state index in [4.69, 9.17) is 0 Å². The van der Waals surface area contributed by atoms with Gasteiger partial charge in [-0.15, -0.1) is 0 Å². The normalized spacial score (nSPS) is 12.2. The largest absolute Gasteiger partial charge is 0.344 e. The predicted molar refractivity (Wildman–Crippen MR) is 121 cm³/mol. The van der Waals surface area contributed by atoms with Gasteiger partial charge in [-0.1, -0.05) is 72.8 Å².